The Kier molecular flexibility index (Phi) is 4.05. The van der Waals surface area contributed by atoms with E-state index in [1.807, 2.05) is 0 Å². The second-order valence-electron chi connectivity index (χ2n) is 4.17. The highest BCUT2D eigenvalue weighted by Crippen LogP contribution is 2.20. The first-order valence-corrected chi connectivity index (χ1v) is 6.16. The minimum atomic E-state index is -1.10. The normalized spacial score (nSPS) is 10.3. The summed E-state index contributed by atoms with van der Waals surface area (Å²) in [5.41, 5.74) is 1.38. The minimum Gasteiger partial charge on any atom is -0.480 e. The summed E-state index contributed by atoms with van der Waals surface area (Å²) in [7, 11) is 0. The molecule has 0 spiro atoms. The number of aromatic nitrogens is 2. The number of benzene rings is 1. The Morgan fingerprint density at radius 1 is 1.35 bits per heavy atom. The zero-order valence-corrected chi connectivity index (χ0v) is 11.4. The van der Waals surface area contributed by atoms with Gasteiger partial charge in [-0.1, -0.05) is 11.6 Å². The molecule has 20 heavy (non-hydrogen) atoms. The monoisotopic (exact) mass is 293 g/mol. The summed E-state index contributed by atoms with van der Waals surface area (Å²) >= 11 is 5.79. The smallest absolute Gasteiger partial charge is 0.323 e. The second kappa shape index (κ2) is 5.75. The molecular formula is C13H12ClN3O3. The Morgan fingerprint density at radius 3 is 2.50 bits per heavy atom. The number of aromatic amines is 1. The molecule has 0 atom stereocenters. The van der Waals surface area contributed by atoms with Gasteiger partial charge >= 0.3 is 5.97 Å². The van der Waals surface area contributed by atoms with Gasteiger partial charge in [0.05, 0.1) is 11.8 Å². The number of aryl methyl sites for hydroxylation is 1. The number of aliphatic carboxylic acids is 1. The van der Waals surface area contributed by atoms with Crippen molar-refractivity contribution in [2.24, 2.45) is 0 Å². The number of hydrogen-bond acceptors (Lipinski definition) is 3. The van der Waals surface area contributed by atoms with E-state index in [-0.39, 0.29) is 0 Å². The predicted octanol–water partition coefficient (Wildman–Crippen LogP) is 2.10. The van der Waals surface area contributed by atoms with Crippen molar-refractivity contribution < 1.29 is 14.7 Å². The van der Waals surface area contributed by atoms with Gasteiger partial charge in [-0.15, -0.1) is 0 Å². The van der Waals surface area contributed by atoms with Gasteiger partial charge in [0, 0.05) is 16.4 Å². The summed E-state index contributed by atoms with van der Waals surface area (Å²) in [4.78, 5) is 24.5. The van der Waals surface area contributed by atoms with Crippen molar-refractivity contribution in [3.63, 3.8) is 0 Å². The molecule has 0 aliphatic heterocycles. The summed E-state index contributed by atoms with van der Waals surface area (Å²) in [6.45, 7) is 1.26. The van der Waals surface area contributed by atoms with Crippen LogP contribution < -0.4 is 4.90 Å². The number of amides is 1. The van der Waals surface area contributed by atoms with Gasteiger partial charge < -0.3 is 5.11 Å². The Labute approximate surface area is 120 Å². The highest BCUT2D eigenvalue weighted by Gasteiger charge is 2.22. The first-order valence-electron chi connectivity index (χ1n) is 5.78. The molecule has 0 unspecified atom stereocenters. The fourth-order valence-electron chi connectivity index (χ4n) is 1.75. The number of carbonyl (C=O) groups is 2. The third kappa shape index (κ3) is 2.97. The maximum absolute atomic E-state index is 12.4. The maximum Gasteiger partial charge on any atom is 0.323 e. The standard InChI is InChI=1S/C13H12ClN3O3/c1-8-11(6-15-16-8)13(20)17(7-12(18)19)10-4-2-9(14)3-5-10/h2-6H,7H2,1H3,(H,15,16)(H,18,19). The SMILES string of the molecule is Cc1[nH]ncc1C(=O)N(CC(=O)O)c1ccc(Cl)cc1. The van der Waals surface area contributed by atoms with Gasteiger partial charge in [0.25, 0.3) is 5.91 Å². The molecule has 2 N–H and O–H groups in total. The molecule has 0 aliphatic rings. The maximum atomic E-state index is 12.4. The molecule has 1 aromatic heterocycles. The number of nitrogens with one attached hydrogen (secondary N) is 1. The molecule has 2 rings (SSSR count). The highest BCUT2D eigenvalue weighted by molar-refractivity contribution is 6.30. The molecule has 1 heterocycles. The van der Waals surface area contributed by atoms with E-state index >= 15 is 0 Å². The van der Waals surface area contributed by atoms with Crippen molar-refractivity contribution in [2.45, 2.75) is 6.92 Å². The van der Waals surface area contributed by atoms with Crippen LogP contribution in [-0.4, -0.2) is 33.7 Å². The van der Waals surface area contributed by atoms with Crippen LogP contribution in [0.5, 0.6) is 0 Å². The van der Waals surface area contributed by atoms with Crippen LogP contribution in [0.1, 0.15) is 16.1 Å². The lowest BCUT2D eigenvalue weighted by molar-refractivity contribution is -0.135. The summed E-state index contributed by atoms with van der Waals surface area (Å²) in [6, 6.07) is 6.39. The van der Waals surface area contributed by atoms with E-state index in [9.17, 15) is 9.59 Å². The number of halogens is 1. The predicted molar refractivity (Wildman–Crippen MR) is 74.1 cm³/mol. The number of hydrogen-bond donors (Lipinski definition) is 2. The molecule has 0 fully saturated rings. The van der Waals surface area contributed by atoms with Crippen LogP contribution in [0.25, 0.3) is 0 Å². The summed E-state index contributed by atoms with van der Waals surface area (Å²) in [6.07, 6.45) is 1.38. The Bertz CT molecular complexity index is 637. The highest BCUT2D eigenvalue weighted by atomic mass is 35.5. The van der Waals surface area contributed by atoms with Crippen LogP contribution in [0, 0.1) is 6.92 Å². The quantitative estimate of drug-likeness (QED) is 0.904. The Hall–Kier alpha value is -2.34. The molecule has 2 aromatic rings. The van der Waals surface area contributed by atoms with Crippen LogP contribution >= 0.6 is 11.6 Å². The second-order valence-corrected chi connectivity index (χ2v) is 4.61. The van der Waals surface area contributed by atoms with Gasteiger partial charge in [-0.3, -0.25) is 19.6 Å². The molecular weight excluding hydrogens is 282 g/mol. The molecule has 6 nitrogen and oxygen atoms in total. The summed E-state index contributed by atoms with van der Waals surface area (Å²) in [5, 5.41) is 15.9. The third-order valence-corrected chi connectivity index (χ3v) is 2.99. The van der Waals surface area contributed by atoms with Crippen molar-refractivity contribution in [1.82, 2.24) is 10.2 Å². The lowest BCUT2D eigenvalue weighted by atomic mass is 10.2. The number of carboxylic acid groups (broad SMARTS) is 1. The molecule has 0 saturated heterocycles. The lowest BCUT2D eigenvalue weighted by Crippen LogP contribution is -2.35. The van der Waals surface area contributed by atoms with Crippen molar-refractivity contribution in [2.75, 3.05) is 11.4 Å². The van der Waals surface area contributed by atoms with E-state index in [0.717, 1.165) is 4.90 Å². The topological polar surface area (TPSA) is 86.3 Å². The fourth-order valence-corrected chi connectivity index (χ4v) is 1.87. The molecule has 104 valence electrons. The van der Waals surface area contributed by atoms with E-state index in [1.54, 1.807) is 31.2 Å². The van der Waals surface area contributed by atoms with Crippen LogP contribution in [0.15, 0.2) is 30.5 Å². The molecule has 0 saturated carbocycles. The molecule has 0 radical (unpaired) electrons. The molecule has 0 aliphatic carbocycles. The van der Waals surface area contributed by atoms with Gasteiger partial charge in [0.1, 0.15) is 6.54 Å². The first-order chi connectivity index (χ1) is 9.49. The summed E-state index contributed by atoms with van der Waals surface area (Å²) in [5.74, 6) is -1.53. The number of carboxylic acids is 1. The number of anilines is 1. The van der Waals surface area contributed by atoms with Crippen LogP contribution in [0.2, 0.25) is 5.02 Å². The van der Waals surface area contributed by atoms with Gasteiger partial charge in [-0.2, -0.15) is 5.10 Å². The third-order valence-electron chi connectivity index (χ3n) is 2.74. The number of H-pyrrole nitrogens is 1. The Balaban J connectivity index is 2.37. The average Bonchev–Trinajstić information content (AvgIpc) is 2.82. The largest absolute Gasteiger partial charge is 0.480 e. The van der Waals surface area contributed by atoms with E-state index in [2.05, 4.69) is 10.2 Å². The molecule has 1 aromatic carbocycles. The van der Waals surface area contributed by atoms with Gasteiger partial charge in [0.15, 0.2) is 0 Å². The number of rotatable bonds is 4. The zero-order valence-electron chi connectivity index (χ0n) is 10.6. The number of carbonyl (C=O) groups excluding carboxylic acids is 1. The van der Waals surface area contributed by atoms with Crippen LogP contribution in [0.4, 0.5) is 5.69 Å². The lowest BCUT2D eigenvalue weighted by Gasteiger charge is -2.20. The molecule has 7 heteroatoms. The van der Waals surface area contributed by atoms with E-state index in [0.29, 0.717) is 22.0 Å². The van der Waals surface area contributed by atoms with Crippen LogP contribution in [-0.2, 0) is 4.79 Å². The van der Waals surface area contributed by atoms with Crippen LogP contribution in [0.3, 0.4) is 0 Å². The fraction of sp³-hybridized carbons (Fsp3) is 0.154. The molecule has 1 amide bonds. The van der Waals surface area contributed by atoms with E-state index in [4.69, 9.17) is 16.7 Å². The van der Waals surface area contributed by atoms with Gasteiger partial charge in [-0.25, -0.2) is 0 Å². The molecule has 0 bridgehead atoms. The summed E-state index contributed by atoms with van der Waals surface area (Å²) < 4.78 is 0. The first kappa shape index (κ1) is 14.1. The minimum absolute atomic E-state index is 0.334. The van der Waals surface area contributed by atoms with Crippen molar-refractivity contribution in [3.05, 3.63) is 46.7 Å². The van der Waals surface area contributed by atoms with Gasteiger partial charge in [-0.05, 0) is 31.2 Å². The average molecular weight is 294 g/mol. The van der Waals surface area contributed by atoms with Crippen molar-refractivity contribution >= 4 is 29.2 Å². The Morgan fingerprint density at radius 2 is 2.00 bits per heavy atom. The van der Waals surface area contributed by atoms with E-state index < -0.39 is 18.4 Å². The van der Waals surface area contributed by atoms with Gasteiger partial charge in [0.2, 0.25) is 0 Å². The van der Waals surface area contributed by atoms with E-state index in [1.165, 1.54) is 6.20 Å². The zero-order chi connectivity index (χ0) is 14.7. The van der Waals surface area contributed by atoms with Crippen molar-refractivity contribution in [3.8, 4) is 0 Å². The van der Waals surface area contributed by atoms with Crippen molar-refractivity contribution in [1.29, 1.82) is 0 Å². The number of nitrogens with zero attached hydrogens (tertiary/aromatic N) is 2.